The average molecular weight is 241 g/mol. The van der Waals surface area contributed by atoms with Gasteiger partial charge in [0.15, 0.2) is 0 Å². The monoisotopic (exact) mass is 240 g/mol. The first-order valence-corrected chi connectivity index (χ1v) is 6.08. The summed E-state index contributed by atoms with van der Waals surface area (Å²) in [7, 11) is 2.05. The van der Waals surface area contributed by atoms with Crippen LogP contribution in [0.15, 0.2) is 18.2 Å². The van der Waals surface area contributed by atoms with E-state index in [1.54, 1.807) is 0 Å². The van der Waals surface area contributed by atoms with Crippen LogP contribution in [0.1, 0.15) is 27.2 Å². The van der Waals surface area contributed by atoms with Crippen LogP contribution in [0.25, 0.3) is 0 Å². The molecule has 0 aromatic heterocycles. The Labute approximate surface area is 103 Å². The molecule has 3 heteroatoms. The molecule has 1 atom stereocenters. The zero-order chi connectivity index (χ0) is 12.3. The number of para-hydroxylation sites is 1. The van der Waals surface area contributed by atoms with Crippen molar-refractivity contribution in [3.05, 3.63) is 23.2 Å². The molecule has 0 radical (unpaired) electrons. The molecule has 0 amide bonds. The first-order chi connectivity index (χ1) is 7.43. The quantitative estimate of drug-likeness (QED) is 0.812. The van der Waals surface area contributed by atoms with E-state index in [-0.39, 0.29) is 0 Å². The van der Waals surface area contributed by atoms with Crippen LogP contribution in [-0.4, -0.2) is 13.1 Å². The Morgan fingerprint density at radius 2 is 1.94 bits per heavy atom. The molecule has 0 saturated heterocycles. The maximum absolute atomic E-state index is 6.18. The van der Waals surface area contributed by atoms with Gasteiger partial charge >= 0.3 is 0 Å². The Hall–Kier alpha value is -0.890. The number of halogens is 1. The van der Waals surface area contributed by atoms with Crippen LogP contribution >= 0.6 is 11.6 Å². The second kappa shape index (κ2) is 5.44. The SMILES string of the molecule is CC(C)CC(C)N(C)c1c(N)cccc1Cl. The van der Waals surface area contributed by atoms with Gasteiger partial charge in [-0.15, -0.1) is 0 Å². The van der Waals surface area contributed by atoms with Crippen molar-refractivity contribution >= 4 is 23.0 Å². The van der Waals surface area contributed by atoms with Gasteiger partial charge in [0.2, 0.25) is 0 Å². The van der Waals surface area contributed by atoms with Gasteiger partial charge in [0, 0.05) is 13.1 Å². The Kier molecular flexibility index (Phi) is 4.48. The molecule has 2 N–H and O–H groups in total. The highest BCUT2D eigenvalue weighted by atomic mass is 35.5. The van der Waals surface area contributed by atoms with Gasteiger partial charge in [-0.05, 0) is 31.4 Å². The number of nitrogens with zero attached hydrogens (tertiary/aromatic N) is 1. The van der Waals surface area contributed by atoms with Gasteiger partial charge in [-0.25, -0.2) is 0 Å². The normalized spacial score (nSPS) is 12.9. The third-order valence-electron chi connectivity index (χ3n) is 2.84. The highest BCUT2D eigenvalue weighted by Gasteiger charge is 2.16. The average Bonchev–Trinajstić information content (AvgIpc) is 2.16. The largest absolute Gasteiger partial charge is 0.397 e. The topological polar surface area (TPSA) is 29.3 Å². The fourth-order valence-corrected chi connectivity index (χ4v) is 2.28. The molecule has 1 rings (SSSR count). The van der Waals surface area contributed by atoms with Crippen LogP contribution < -0.4 is 10.6 Å². The van der Waals surface area contributed by atoms with Gasteiger partial charge in [0.1, 0.15) is 0 Å². The van der Waals surface area contributed by atoms with E-state index in [0.717, 1.165) is 22.8 Å². The van der Waals surface area contributed by atoms with Crippen LogP contribution in [-0.2, 0) is 0 Å². The number of rotatable bonds is 4. The second-order valence-electron chi connectivity index (χ2n) is 4.77. The van der Waals surface area contributed by atoms with Crippen LogP contribution in [0.3, 0.4) is 0 Å². The highest BCUT2D eigenvalue weighted by molar-refractivity contribution is 6.34. The van der Waals surface area contributed by atoms with E-state index < -0.39 is 0 Å². The Bertz CT molecular complexity index is 330. The summed E-state index contributed by atoms with van der Waals surface area (Å²) >= 11 is 6.18. The summed E-state index contributed by atoms with van der Waals surface area (Å²) in [6.45, 7) is 6.64. The van der Waals surface area contributed by atoms with Crippen LogP contribution in [0.4, 0.5) is 11.4 Å². The van der Waals surface area contributed by atoms with Crippen molar-refractivity contribution in [2.24, 2.45) is 5.92 Å². The third kappa shape index (κ3) is 3.05. The van der Waals surface area contributed by atoms with E-state index in [1.165, 1.54) is 0 Å². The summed E-state index contributed by atoms with van der Waals surface area (Å²) < 4.78 is 0. The number of nitrogens with two attached hydrogens (primary N) is 1. The molecule has 2 nitrogen and oxygen atoms in total. The molecule has 0 spiro atoms. The zero-order valence-corrected chi connectivity index (χ0v) is 11.3. The standard InChI is InChI=1S/C13H21ClN2/c1-9(2)8-10(3)16(4)13-11(14)6-5-7-12(13)15/h5-7,9-10H,8,15H2,1-4H3. The van der Waals surface area contributed by atoms with Crippen LogP contribution in [0.2, 0.25) is 5.02 Å². The number of anilines is 2. The molecule has 0 bridgehead atoms. The second-order valence-corrected chi connectivity index (χ2v) is 5.17. The van der Waals surface area contributed by atoms with Gasteiger partial charge in [0.05, 0.1) is 16.4 Å². The summed E-state index contributed by atoms with van der Waals surface area (Å²) in [5, 5.41) is 0.720. The Balaban J connectivity index is 2.91. The molecule has 0 heterocycles. The molecule has 0 aliphatic carbocycles. The smallest absolute Gasteiger partial charge is 0.0788 e. The molecule has 1 unspecified atom stereocenters. The predicted octanol–water partition coefficient (Wildman–Crippen LogP) is 3.79. The molecule has 0 aliphatic rings. The van der Waals surface area contributed by atoms with Crippen LogP contribution in [0, 0.1) is 5.92 Å². The fraction of sp³-hybridized carbons (Fsp3) is 0.538. The van der Waals surface area contributed by atoms with Gasteiger partial charge in [-0.2, -0.15) is 0 Å². The van der Waals surface area contributed by atoms with Crippen LogP contribution in [0.5, 0.6) is 0 Å². The number of benzene rings is 1. The zero-order valence-electron chi connectivity index (χ0n) is 10.5. The minimum absolute atomic E-state index is 0.433. The molecule has 90 valence electrons. The van der Waals surface area contributed by atoms with Gasteiger partial charge in [-0.3, -0.25) is 0 Å². The summed E-state index contributed by atoms with van der Waals surface area (Å²) in [6, 6.07) is 6.08. The summed E-state index contributed by atoms with van der Waals surface area (Å²) in [5.74, 6) is 0.668. The van der Waals surface area contributed by atoms with Crippen molar-refractivity contribution in [3.63, 3.8) is 0 Å². The van der Waals surface area contributed by atoms with Gasteiger partial charge < -0.3 is 10.6 Å². The lowest BCUT2D eigenvalue weighted by molar-refractivity contribution is 0.504. The third-order valence-corrected chi connectivity index (χ3v) is 3.15. The molecular formula is C13H21ClN2. The van der Waals surface area contributed by atoms with Crippen molar-refractivity contribution in [1.82, 2.24) is 0 Å². The van der Waals surface area contributed by atoms with Crippen molar-refractivity contribution in [3.8, 4) is 0 Å². The number of hydrogen-bond acceptors (Lipinski definition) is 2. The maximum Gasteiger partial charge on any atom is 0.0788 e. The molecule has 0 fully saturated rings. The lowest BCUT2D eigenvalue weighted by Gasteiger charge is -2.30. The lowest BCUT2D eigenvalue weighted by Crippen LogP contribution is -2.30. The van der Waals surface area contributed by atoms with Gasteiger partial charge in [0.25, 0.3) is 0 Å². The highest BCUT2D eigenvalue weighted by Crippen LogP contribution is 2.33. The lowest BCUT2D eigenvalue weighted by atomic mass is 10.0. The van der Waals surface area contributed by atoms with Crippen molar-refractivity contribution < 1.29 is 0 Å². The van der Waals surface area contributed by atoms with E-state index >= 15 is 0 Å². The van der Waals surface area contributed by atoms with Crippen molar-refractivity contribution in [1.29, 1.82) is 0 Å². The number of hydrogen-bond donors (Lipinski definition) is 1. The molecule has 0 aliphatic heterocycles. The molecule has 1 aromatic carbocycles. The summed E-state index contributed by atoms with van der Waals surface area (Å²) in [4.78, 5) is 2.16. The van der Waals surface area contributed by atoms with Crippen molar-refractivity contribution in [2.45, 2.75) is 33.2 Å². The van der Waals surface area contributed by atoms with E-state index in [2.05, 4.69) is 25.7 Å². The summed E-state index contributed by atoms with van der Waals surface area (Å²) in [6.07, 6.45) is 1.13. The fourth-order valence-electron chi connectivity index (χ4n) is 1.96. The van der Waals surface area contributed by atoms with Gasteiger partial charge in [-0.1, -0.05) is 31.5 Å². The minimum Gasteiger partial charge on any atom is -0.397 e. The van der Waals surface area contributed by atoms with E-state index in [1.807, 2.05) is 25.2 Å². The van der Waals surface area contributed by atoms with E-state index in [0.29, 0.717) is 12.0 Å². The molecular weight excluding hydrogens is 220 g/mol. The predicted molar refractivity (Wildman–Crippen MR) is 73.2 cm³/mol. The number of nitrogen functional groups attached to an aromatic ring is 1. The Morgan fingerprint density at radius 1 is 1.31 bits per heavy atom. The maximum atomic E-state index is 6.18. The Morgan fingerprint density at radius 3 is 2.44 bits per heavy atom. The molecule has 1 aromatic rings. The molecule has 16 heavy (non-hydrogen) atoms. The van der Waals surface area contributed by atoms with E-state index in [4.69, 9.17) is 17.3 Å². The van der Waals surface area contributed by atoms with Crippen molar-refractivity contribution in [2.75, 3.05) is 17.7 Å². The molecule has 0 saturated carbocycles. The first kappa shape index (κ1) is 13.2. The first-order valence-electron chi connectivity index (χ1n) is 5.70. The summed E-state index contributed by atoms with van der Waals surface area (Å²) in [5.41, 5.74) is 7.65. The minimum atomic E-state index is 0.433. The van der Waals surface area contributed by atoms with E-state index in [9.17, 15) is 0 Å².